The predicted octanol–water partition coefficient (Wildman–Crippen LogP) is 4.04. The van der Waals surface area contributed by atoms with Gasteiger partial charge in [-0.3, -0.25) is 9.53 Å². The Morgan fingerprint density at radius 3 is 2.44 bits per heavy atom. The number of rotatable bonds is 6. The fraction of sp³-hybridized carbons (Fsp3) is 0.478. The van der Waals surface area contributed by atoms with Crippen LogP contribution in [0.4, 0.5) is 23.2 Å². The number of piperidine rings is 1. The Hall–Kier alpha value is -3.08. The fourth-order valence-electron chi connectivity index (χ4n) is 4.15. The molecule has 0 radical (unpaired) electrons. The van der Waals surface area contributed by atoms with Gasteiger partial charge in [0, 0.05) is 31.4 Å². The number of morpholine rings is 1. The molecule has 0 spiro atoms. The van der Waals surface area contributed by atoms with E-state index in [0.29, 0.717) is 41.9 Å². The quantitative estimate of drug-likeness (QED) is 0.578. The predicted molar refractivity (Wildman–Crippen MR) is 115 cm³/mol. The van der Waals surface area contributed by atoms with Gasteiger partial charge < -0.3 is 19.3 Å². The summed E-state index contributed by atoms with van der Waals surface area (Å²) < 4.78 is 69.3. The Morgan fingerprint density at radius 1 is 1.12 bits per heavy atom. The summed E-state index contributed by atoms with van der Waals surface area (Å²) in [6, 6.07) is 9.96. The van der Waals surface area contributed by atoms with E-state index in [0.717, 1.165) is 12.8 Å². The molecule has 0 bridgehead atoms. The SMILES string of the molecule is COc1ccc(C(=O)N2CC(F)(F)OC(F)(F)C2)c(N2CCC(COc3ccccn3)CC2)c1. The number of alkyl halides is 4. The van der Waals surface area contributed by atoms with E-state index in [2.05, 4.69) is 9.72 Å². The van der Waals surface area contributed by atoms with Crippen LogP contribution in [0.15, 0.2) is 42.6 Å². The first-order valence-corrected chi connectivity index (χ1v) is 10.9. The zero-order valence-electron chi connectivity index (χ0n) is 18.6. The van der Waals surface area contributed by atoms with Crippen LogP contribution in [0.5, 0.6) is 11.6 Å². The average Bonchev–Trinajstić information content (AvgIpc) is 2.81. The van der Waals surface area contributed by atoms with Crippen LogP contribution in [0.1, 0.15) is 23.2 Å². The summed E-state index contributed by atoms with van der Waals surface area (Å²) >= 11 is 0. The van der Waals surface area contributed by atoms with Gasteiger partial charge in [0.05, 0.1) is 25.0 Å². The summed E-state index contributed by atoms with van der Waals surface area (Å²) in [5.41, 5.74) is 0.504. The number of methoxy groups -OCH3 is 1. The van der Waals surface area contributed by atoms with Gasteiger partial charge in [-0.1, -0.05) is 6.07 Å². The molecular formula is C23H25F4N3O4. The largest absolute Gasteiger partial charge is 0.497 e. The van der Waals surface area contributed by atoms with E-state index in [1.165, 1.54) is 19.2 Å². The number of pyridine rings is 1. The lowest BCUT2D eigenvalue weighted by Gasteiger charge is -2.38. The van der Waals surface area contributed by atoms with Crippen molar-refractivity contribution in [3.8, 4) is 11.6 Å². The number of halogens is 4. The molecule has 11 heteroatoms. The number of hydrogen-bond donors (Lipinski definition) is 0. The Kier molecular flexibility index (Phi) is 6.83. The van der Waals surface area contributed by atoms with E-state index in [9.17, 15) is 22.4 Å². The molecule has 1 amide bonds. The monoisotopic (exact) mass is 483 g/mol. The van der Waals surface area contributed by atoms with Crippen LogP contribution < -0.4 is 14.4 Å². The third-order valence-electron chi connectivity index (χ3n) is 5.83. The molecule has 2 aromatic rings. The molecule has 1 aromatic carbocycles. The molecule has 0 atom stereocenters. The van der Waals surface area contributed by atoms with Gasteiger partial charge >= 0.3 is 12.2 Å². The molecule has 0 saturated carbocycles. The van der Waals surface area contributed by atoms with Gasteiger partial charge in [0.2, 0.25) is 5.88 Å². The van der Waals surface area contributed by atoms with E-state index in [1.807, 2.05) is 11.0 Å². The van der Waals surface area contributed by atoms with Crippen molar-refractivity contribution in [2.75, 3.05) is 44.8 Å². The molecule has 2 fully saturated rings. The molecule has 2 aliphatic heterocycles. The number of hydrogen-bond acceptors (Lipinski definition) is 6. The summed E-state index contributed by atoms with van der Waals surface area (Å²) in [5, 5.41) is 0. The number of ether oxygens (including phenoxy) is 3. The Labute approximate surface area is 194 Å². The Bertz CT molecular complexity index is 985. The first-order valence-electron chi connectivity index (χ1n) is 10.9. The molecule has 3 heterocycles. The zero-order valence-corrected chi connectivity index (χ0v) is 18.6. The van der Waals surface area contributed by atoms with Crippen molar-refractivity contribution in [3.05, 3.63) is 48.2 Å². The van der Waals surface area contributed by atoms with Crippen molar-refractivity contribution >= 4 is 11.6 Å². The van der Waals surface area contributed by atoms with Gasteiger partial charge in [-0.25, -0.2) is 4.98 Å². The first-order chi connectivity index (χ1) is 16.2. The highest BCUT2D eigenvalue weighted by atomic mass is 19.3. The van der Waals surface area contributed by atoms with Gasteiger partial charge in [0.25, 0.3) is 5.91 Å². The van der Waals surface area contributed by atoms with E-state index in [-0.39, 0.29) is 11.5 Å². The zero-order chi connectivity index (χ0) is 24.3. The van der Waals surface area contributed by atoms with E-state index < -0.39 is 31.2 Å². The number of nitrogens with zero attached hydrogens (tertiary/aromatic N) is 3. The van der Waals surface area contributed by atoms with Gasteiger partial charge in [0.1, 0.15) is 18.8 Å². The molecule has 2 saturated heterocycles. The number of carbonyl (C=O) groups excluding carboxylic acids is 1. The number of amides is 1. The highest BCUT2D eigenvalue weighted by Gasteiger charge is 2.53. The first kappa shape index (κ1) is 24.1. The maximum absolute atomic E-state index is 13.7. The molecule has 1 aromatic heterocycles. The van der Waals surface area contributed by atoms with Crippen molar-refractivity contribution in [1.82, 2.24) is 9.88 Å². The molecular weight excluding hydrogens is 458 g/mol. The maximum Gasteiger partial charge on any atom is 0.377 e. The van der Waals surface area contributed by atoms with Crippen LogP contribution in [0.2, 0.25) is 0 Å². The van der Waals surface area contributed by atoms with Crippen molar-refractivity contribution in [3.63, 3.8) is 0 Å². The second-order valence-electron chi connectivity index (χ2n) is 8.33. The minimum Gasteiger partial charge on any atom is -0.497 e. The number of benzene rings is 1. The number of carbonyl (C=O) groups is 1. The summed E-state index contributed by atoms with van der Waals surface area (Å²) in [6.45, 7) is -0.870. The van der Waals surface area contributed by atoms with Gasteiger partial charge in [-0.05, 0) is 37.0 Å². The topological polar surface area (TPSA) is 64.1 Å². The maximum atomic E-state index is 13.7. The van der Waals surface area contributed by atoms with Crippen molar-refractivity contribution < 1.29 is 36.6 Å². The van der Waals surface area contributed by atoms with Gasteiger partial charge in [-0.2, -0.15) is 17.6 Å². The summed E-state index contributed by atoms with van der Waals surface area (Å²) in [5.74, 6) is 0.357. The van der Waals surface area contributed by atoms with Gasteiger partial charge in [0.15, 0.2) is 0 Å². The lowest BCUT2D eigenvalue weighted by molar-refractivity contribution is -0.400. The highest BCUT2D eigenvalue weighted by Crippen LogP contribution is 2.36. The van der Waals surface area contributed by atoms with Crippen LogP contribution in [0.3, 0.4) is 0 Å². The third kappa shape index (κ3) is 5.69. The standard InChI is InChI=1S/C23H25F4N3O4/c1-32-17-5-6-18(21(31)30-14-22(24,25)34-23(26,27)15-30)19(12-17)29-10-7-16(8-11-29)13-33-20-4-2-3-9-28-20/h2-6,9,12,16H,7-8,10-11,13-15H2,1H3. The second-order valence-corrected chi connectivity index (χ2v) is 8.33. The molecule has 184 valence electrons. The molecule has 2 aliphatic rings. The summed E-state index contributed by atoms with van der Waals surface area (Å²) in [6.07, 6.45) is -5.12. The van der Waals surface area contributed by atoms with E-state index >= 15 is 0 Å². The van der Waals surface area contributed by atoms with Crippen molar-refractivity contribution in [2.45, 2.75) is 25.1 Å². The van der Waals surface area contributed by atoms with Crippen molar-refractivity contribution in [1.29, 1.82) is 0 Å². The Balaban J connectivity index is 1.47. The normalized spacial score (nSPS) is 20.1. The molecule has 0 aliphatic carbocycles. The van der Waals surface area contributed by atoms with Crippen LogP contribution in [-0.4, -0.2) is 67.9 Å². The minimum atomic E-state index is -4.14. The summed E-state index contributed by atoms with van der Waals surface area (Å²) in [4.78, 5) is 19.6. The Morgan fingerprint density at radius 2 is 1.82 bits per heavy atom. The van der Waals surface area contributed by atoms with Crippen LogP contribution in [-0.2, 0) is 4.74 Å². The summed E-state index contributed by atoms with van der Waals surface area (Å²) in [7, 11) is 1.46. The van der Waals surface area contributed by atoms with E-state index in [1.54, 1.807) is 24.4 Å². The number of anilines is 1. The molecule has 7 nitrogen and oxygen atoms in total. The van der Waals surface area contributed by atoms with Crippen LogP contribution in [0.25, 0.3) is 0 Å². The third-order valence-corrected chi connectivity index (χ3v) is 5.83. The van der Waals surface area contributed by atoms with Gasteiger partial charge in [-0.15, -0.1) is 0 Å². The fourth-order valence-corrected chi connectivity index (χ4v) is 4.15. The molecule has 0 N–H and O–H groups in total. The average molecular weight is 483 g/mol. The lowest BCUT2D eigenvalue weighted by atomic mass is 9.96. The van der Waals surface area contributed by atoms with Crippen LogP contribution in [0, 0.1) is 5.92 Å². The van der Waals surface area contributed by atoms with Crippen molar-refractivity contribution in [2.24, 2.45) is 5.92 Å². The van der Waals surface area contributed by atoms with Crippen LogP contribution >= 0.6 is 0 Å². The molecule has 4 rings (SSSR count). The van der Waals surface area contributed by atoms with E-state index in [4.69, 9.17) is 9.47 Å². The minimum absolute atomic E-state index is 0.0532. The molecule has 0 unspecified atom stereocenters. The lowest BCUT2D eigenvalue weighted by Crippen LogP contribution is -2.56. The smallest absolute Gasteiger partial charge is 0.377 e. The second kappa shape index (κ2) is 9.65. The highest BCUT2D eigenvalue weighted by molar-refractivity contribution is 6.00. The molecule has 34 heavy (non-hydrogen) atoms. The number of aromatic nitrogens is 1.